The Bertz CT molecular complexity index is 318. The van der Waals surface area contributed by atoms with E-state index in [1.807, 2.05) is 33.8 Å². The molecule has 0 saturated carbocycles. The van der Waals surface area contributed by atoms with Gasteiger partial charge in [-0.1, -0.05) is 0 Å². The zero-order valence-corrected chi connectivity index (χ0v) is 8.50. The highest BCUT2D eigenvalue weighted by Gasteiger charge is 2.18. The Morgan fingerprint density at radius 3 is 2.38 bits per heavy atom. The molecule has 1 heterocycles. The lowest BCUT2D eigenvalue weighted by atomic mass is 10.1. The van der Waals surface area contributed by atoms with Gasteiger partial charge >= 0.3 is 0 Å². The molecule has 0 aliphatic rings. The van der Waals surface area contributed by atoms with Gasteiger partial charge in [-0.3, -0.25) is 0 Å². The van der Waals surface area contributed by atoms with Crippen LogP contribution >= 0.6 is 0 Å². The fourth-order valence-electron chi connectivity index (χ4n) is 0.832. The largest absolute Gasteiger partial charge is 0.623 e. The molecule has 0 amide bonds. The molecule has 0 radical (unpaired) electrons. The van der Waals surface area contributed by atoms with Crippen molar-refractivity contribution in [2.24, 2.45) is 0 Å². The molecule has 1 rings (SSSR count). The van der Waals surface area contributed by atoms with Crippen LogP contribution in [0.1, 0.15) is 32.3 Å². The van der Waals surface area contributed by atoms with E-state index in [1.165, 1.54) is 6.21 Å². The summed E-state index contributed by atoms with van der Waals surface area (Å²) in [5, 5.41) is 11.4. The van der Waals surface area contributed by atoms with Gasteiger partial charge in [-0.15, -0.1) is 0 Å². The van der Waals surface area contributed by atoms with Crippen molar-refractivity contribution in [2.75, 3.05) is 0 Å². The second kappa shape index (κ2) is 3.24. The van der Waals surface area contributed by atoms with Crippen molar-refractivity contribution in [3.05, 3.63) is 28.9 Å². The number of hydroxylamine groups is 1. The van der Waals surface area contributed by atoms with Gasteiger partial charge < -0.3 is 9.62 Å². The highest BCUT2D eigenvalue weighted by Crippen LogP contribution is 2.08. The van der Waals surface area contributed by atoms with E-state index in [2.05, 4.69) is 0 Å². The minimum Gasteiger partial charge on any atom is -0.623 e. The molecule has 3 heteroatoms. The van der Waals surface area contributed by atoms with E-state index in [0.29, 0.717) is 5.76 Å². The van der Waals surface area contributed by atoms with Crippen LogP contribution in [0.3, 0.4) is 0 Å². The van der Waals surface area contributed by atoms with Crippen LogP contribution in [0.2, 0.25) is 0 Å². The summed E-state index contributed by atoms with van der Waals surface area (Å²) in [6.07, 6.45) is 1.47. The molecule has 1 aromatic heterocycles. The lowest BCUT2D eigenvalue weighted by molar-refractivity contribution is -0.530. The van der Waals surface area contributed by atoms with Crippen LogP contribution in [0.5, 0.6) is 0 Å². The molecule has 0 N–H and O–H groups in total. The van der Waals surface area contributed by atoms with Gasteiger partial charge in [0.1, 0.15) is 5.76 Å². The summed E-state index contributed by atoms with van der Waals surface area (Å²) in [5.74, 6) is 1.41. The van der Waals surface area contributed by atoms with Gasteiger partial charge in [0.15, 0.2) is 11.3 Å². The third kappa shape index (κ3) is 2.61. The van der Waals surface area contributed by atoms with E-state index >= 15 is 0 Å². The Morgan fingerprint density at radius 2 is 2.00 bits per heavy atom. The summed E-state index contributed by atoms with van der Waals surface area (Å²) < 4.78 is 6.15. The molecule has 0 atom stereocenters. The van der Waals surface area contributed by atoms with Crippen molar-refractivity contribution in [3.63, 3.8) is 0 Å². The first kappa shape index (κ1) is 9.84. The van der Waals surface area contributed by atoms with E-state index < -0.39 is 5.54 Å². The number of furan rings is 1. The van der Waals surface area contributed by atoms with Crippen molar-refractivity contribution in [3.8, 4) is 0 Å². The van der Waals surface area contributed by atoms with Gasteiger partial charge in [-0.25, -0.2) is 4.74 Å². The molecule has 0 saturated heterocycles. The highest BCUT2D eigenvalue weighted by atomic mass is 16.5. The van der Waals surface area contributed by atoms with Crippen LogP contribution in [0.15, 0.2) is 16.5 Å². The SMILES string of the molecule is Cc1ccc(/C=[N+](\[O-])C(C)(C)C)o1. The minimum absolute atomic E-state index is 0.416. The zero-order valence-electron chi connectivity index (χ0n) is 8.50. The van der Waals surface area contributed by atoms with E-state index in [9.17, 15) is 5.21 Å². The molecule has 0 aromatic carbocycles. The Labute approximate surface area is 78.3 Å². The average Bonchev–Trinajstić information content (AvgIpc) is 2.33. The smallest absolute Gasteiger partial charge is 0.218 e. The topological polar surface area (TPSA) is 39.2 Å². The molecule has 0 unspecified atom stereocenters. The van der Waals surface area contributed by atoms with E-state index in [4.69, 9.17) is 4.42 Å². The molecular formula is C10H15NO2. The predicted molar refractivity (Wildman–Crippen MR) is 52.0 cm³/mol. The summed E-state index contributed by atoms with van der Waals surface area (Å²) in [6, 6.07) is 3.62. The Hall–Kier alpha value is -1.25. The van der Waals surface area contributed by atoms with Gasteiger partial charge in [0, 0.05) is 20.8 Å². The summed E-state index contributed by atoms with van der Waals surface area (Å²) in [7, 11) is 0. The average molecular weight is 181 g/mol. The Kier molecular flexibility index (Phi) is 2.45. The van der Waals surface area contributed by atoms with E-state index in [0.717, 1.165) is 10.5 Å². The van der Waals surface area contributed by atoms with Crippen LogP contribution in [-0.2, 0) is 0 Å². The first-order chi connectivity index (χ1) is 5.89. The first-order valence-electron chi connectivity index (χ1n) is 4.27. The third-order valence-corrected chi connectivity index (χ3v) is 1.67. The number of rotatable bonds is 1. The van der Waals surface area contributed by atoms with Crippen LogP contribution < -0.4 is 0 Å². The second-order valence-electron chi connectivity index (χ2n) is 4.07. The molecule has 72 valence electrons. The molecule has 0 bridgehead atoms. The second-order valence-corrected chi connectivity index (χ2v) is 4.07. The lowest BCUT2D eigenvalue weighted by Gasteiger charge is -2.17. The van der Waals surface area contributed by atoms with E-state index in [1.54, 1.807) is 6.07 Å². The summed E-state index contributed by atoms with van der Waals surface area (Å²) >= 11 is 0. The van der Waals surface area contributed by atoms with Crippen LogP contribution in [-0.4, -0.2) is 16.5 Å². The van der Waals surface area contributed by atoms with Crippen molar-refractivity contribution in [1.29, 1.82) is 0 Å². The van der Waals surface area contributed by atoms with Gasteiger partial charge in [0.05, 0.1) is 0 Å². The Morgan fingerprint density at radius 1 is 1.38 bits per heavy atom. The molecule has 0 aliphatic heterocycles. The van der Waals surface area contributed by atoms with Crippen molar-refractivity contribution >= 4 is 6.21 Å². The molecular weight excluding hydrogens is 166 g/mol. The maximum Gasteiger partial charge on any atom is 0.218 e. The monoisotopic (exact) mass is 181 g/mol. The van der Waals surface area contributed by atoms with Crippen molar-refractivity contribution in [2.45, 2.75) is 33.2 Å². The van der Waals surface area contributed by atoms with Gasteiger partial charge in [0.2, 0.25) is 6.21 Å². The maximum atomic E-state index is 11.4. The number of aryl methyl sites for hydroxylation is 1. The molecule has 0 aliphatic carbocycles. The van der Waals surface area contributed by atoms with Crippen molar-refractivity contribution in [1.82, 2.24) is 0 Å². The maximum absolute atomic E-state index is 11.4. The van der Waals surface area contributed by atoms with Gasteiger partial charge in [-0.05, 0) is 19.1 Å². The zero-order chi connectivity index (χ0) is 10.1. The molecule has 1 aromatic rings. The standard InChI is InChI=1S/C10H15NO2/c1-8-5-6-9(13-8)7-11(12)10(2,3)4/h5-7H,1-4H3/b11-7-. The normalized spacial score (nSPS) is 13.4. The molecule has 3 nitrogen and oxygen atoms in total. The minimum atomic E-state index is -0.416. The summed E-state index contributed by atoms with van der Waals surface area (Å²) in [6.45, 7) is 7.41. The molecule has 13 heavy (non-hydrogen) atoms. The fourth-order valence-corrected chi connectivity index (χ4v) is 0.832. The third-order valence-electron chi connectivity index (χ3n) is 1.67. The number of hydrogen-bond acceptors (Lipinski definition) is 2. The number of hydrogen-bond donors (Lipinski definition) is 0. The fraction of sp³-hybridized carbons (Fsp3) is 0.500. The quantitative estimate of drug-likeness (QED) is 0.288. The van der Waals surface area contributed by atoms with Crippen LogP contribution in [0, 0.1) is 12.1 Å². The Balaban J connectivity index is 2.89. The molecule has 0 fully saturated rings. The van der Waals surface area contributed by atoms with Gasteiger partial charge in [0.25, 0.3) is 0 Å². The van der Waals surface area contributed by atoms with Gasteiger partial charge in [-0.2, -0.15) is 0 Å². The van der Waals surface area contributed by atoms with Crippen molar-refractivity contribution < 1.29 is 9.16 Å². The lowest BCUT2D eigenvalue weighted by Crippen LogP contribution is -2.29. The summed E-state index contributed by atoms with van der Waals surface area (Å²) in [5.41, 5.74) is -0.416. The number of nitrogens with zero attached hydrogens (tertiary/aromatic N) is 1. The summed E-state index contributed by atoms with van der Waals surface area (Å²) in [4.78, 5) is 0. The highest BCUT2D eigenvalue weighted by molar-refractivity contribution is 5.71. The predicted octanol–water partition coefficient (Wildman–Crippen LogP) is 2.32. The van der Waals surface area contributed by atoms with Crippen LogP contribution in [0.4, 0.5) is 0 Å². The first-order valence-corrected chi connectivity index (χ1v) is 4.27. The van der Waals surface area contributed by atoms with Crippen LogP contribution in [0.25, 0.3) is 0 Å². The van der Waals surface area contributed by atoms with E-state index in [-0.39, 0.29) is 0 Å². The molecule has 0 spiro atoms.